The zero-order chi connectivity index (χ0) is 23.9. The number of aryl methyl sites for hydroxylation is 1. The third-order valence-electron chi connectivity index (χ3n) is 6.65. The summed E-state index contributed by atoms with van der Waals surface area (Å²) >= 11 is 0. The number of carbonyl (C=O) groups excluding carboxylic acids is 1. The minimum Gasteiger partial charge on any atom is -0.493 e. The van der Waals surface area contributed by atoms with Crippen LogP contribution >= 0.6 is 0 Å². The number of aromatic nitrogens is 1. The Kier molecular flexibility index (Phi) is 5.91. The Bertz CT molecular complexity index is 1360. The van der Waals surface area contributed by atoms with Crippen LogP contribution in [0.1, 0.15) is 28.0 Å². The molecule has 1 fully saturated rings. The smallest absolute Gasteiger partial charge is 0.254 e. The van der Waals surface area contributed by atoms with Gasteiger partial charge in [0.15, 0.2) is 11.5 Å². The molecule has 0 atom stereocenters. The van der Waals surface area contributed by atoms with Gasteiger partial charge in [-0.25, -0.2) is 8.42 Å². The molecule has 1 aliphatic carbocycles. The van der Waals surface area contributed by atoms with Crippen molar-refractivity contribution in [2.75, 3.05) is 40.4 Å². The molecule has 0 spiro atoms. The van der Waals surface area contributed by atoms with Crippen LogP contribution in [-0.4, -0.2) is 68.9 Å². The van der Waals surface area contributed by atoms with Crippen molar-refractivity contribution < 1.29 is 22.7 Å². The van der Waals surface area contributed by atoms with Crippen LogP contribution in [0.2, 0.25) is 0 Å². The lowest BCUT2D eigenvalue weighted by Gasteiger charge is -2.34. The van der Waals surface area contributed by atoms with Gasteiger partial charge in [-0.2, -0.15) is 4.31 Å². The van der Waals surface area contributed by atoms with Gasteiger partial charge in [-0.15, -0.1) is 0 Å². The van der Waals surface area contributed by atoms with Gasteiger partial charge >= 0.3 is 0 Å². The predicted molar refractivity (Wildman–Crippen MR) is 128 cm³/mol. The Morgan fingerprint density at radius 2 is 1.68 bits per heavy atom. The van der Waals surface area contributed by atoms with E-state index in [1.54, 1.807) is 11.0 Å². The van der Waals surface area contributed by atoms with Crippen molar-refractivity contribution in [3.8, 4) is 11.5 Å². The maximum Gasteiger partial charge on any atom is 0.254 e. The molecule has 1 aromatic heterocycles. The Balaban J connectivity index is 1.38. The number of para-hydroxylation sites is 1. The number of carbonyl (C=O) groups is 1. The predicted octanol–water partition coefficient (Wildman–Crippen LogP) is 2.89. The number of methoxy groups -OCH3 is 2. The number of piperazine rings is 1. The molecule has 178 valence electrons. The van der Waals surface area contributed by atoms with E-state index in [2.05, 4.69) is 0 Å². The molecule has 2 aromatic carbocycles. The number of nitrogens with zero attached hydrogens (tertiary/aromatic N) is 3. The highest BCUT2D eigenvalue weighted by atomic mass is 32.2. The largest absolute Gasteiger partial charge is 0.493 e. The van der Waals surface area contributed by atoms with Gasteiger partial charge in [0.1, 0.15) is 0 Å². The summed E-state index contributed by atoms with van der Waals surface area (Å²) in [7, 11) is -0.754. The lowest BCUT2D eigenvalue weighted by Crippen LogP contribution is -2.50. The number of hydrogen-bond donors (Lipinski definition) is 0. The van der Waals surface area contributed by atoms with Gasteiger partial charge in [0.25, 0.3) is 5.91 Å². The number of pyridine rings is 1. The van der Waals surface area contributed by atoms with E-state index in [1.165, 1.54) is 30.7 Å². The topological polar surface area (TPSA) is 89.0 Å². The van der Waals surface area contributed by atoms with E-state index in [0.717, 1.165) is 47.0 Å². The maximum absolute atomic E-state index is 13.7. The quantitative estimate of drug-likeness (QED) is 0.557. The van der Waals surface area contributed by atoms with Crippen molar-refractivity contribution >= 4 is 26.8 Å². The number of sulfonamides is 1. The third kappa shape index (κ3) is 3.78. The van der Waals surface area contributed by atoms with Gasteiger partial charge in [-0.3, -0.25) is 9.78 Å². The molecular weight excluding hydrogens is 454 g/mol. The molecule has 3 aromatic rings. The summed E-state index contributed by atoms with van der Waals surface area (Å²) in [6.45, 7) is 1.12. The van der Waals surface area contributed by atoms with Crippen LogP contribution < -0.4 is 9.47 Å². The molecule has 0 bridgehead atoms. The lowest BCUT2D eigenvalue weighted by atomic mass is 10.00. The molecule has 34 heavy (non-hydrogen) atoms. The van der Waals surface area contributed by atoms with Gasteiger partial charge in [0.2, 0.25) is 10.0 Å². The fourth-order valence-corrected chi connectivity index (χ4v) is 6.31. The molecular formula is C25H27N3O5S. The van der Waals surface area contributed by atoms with Crippen LogP contribution in [0.25, 0.3) is 10.9 Å². The molecule has 0 saturated carbocycles. The first-order chi connectivity index (χ1) is 16.4. The fraction of sp³-hybridized carbons (Fsp3) is 0.360. The third-order valence-corrected chi connectivity index (χ3v) is 8.55. The first-order valence-electron chi connectivity index (χ1n) is 11.4. The van der Waals surface area contributed by atoms with Crippen molar-refractivity contribution in [2.45, 2.75) is 24.2 Å². The lowest BCUT2D eigenvalue weighted by molar-refractivity contribution is 0.0699. The van der Waals surface area contributed by atoms with Crippen LogP contribution in [0.3, 0.4) is 0 Å². The zero-order valence-electron chi connectivity index (χ0n) is 19.3. The van der Waals surface area contributed by atoms with Crippen molar-refractivity contribution in [2.24, 2.45) is 0 Å². The van der Waals surface area contributed by atoms with Gasteiger partial charge in [0, 0.05) is 43.3 Å². The fourth-order valence-electron chi connectivity index (χ4n) is 4.87. The van der Waals surface area contributed by atoms with Crippen molar-refractivity contribution in [3.05, 3.63) is 59.3 Å². The van der Waals surface area contributed by atoms with Gasteiger partial charge in [0.05, 0.1) is 30.2 Å². The van der Waals surface area contributed by atoms with Gasteiger partial charge in [-0.05, 0) is 43.0 Å². The molecule has 1 aliphatic heterocycles. The number of benzene rings is 2. The molecule has 8 nitrogen and oxygen atoms in total. The second kappa shape index (κ2) is 8.88. The first-order valence-corrected chi connectivity index (χ1v) is 12.8. The average Bonchev–Trinajstić information content (AvgIpc) is 3.34. The van der Waals surface area contributed by atoms with E-state index >= 15 is 0 Å². The highest BCUT2D eigenvalue weighted by molar-refractivity contribution is 7.89. The second-order valence-electron chi connectivity index (χ2n) is 8.50. The first kappa shape index (κ1) is 22.6. The van der Waals surface area contributed by atoms with E-state index in [4.69, 9.17) is 14.5 Å². The van der Waals surface area contributed by atoms with Crippen molar-refractivity contribution in [3.63, 3.8) is 0 Å². The molecule has 1 amide bonds. The minimum atomic E-state index is -3.73. The van der Waals surface area contributed by atoms with Crippen LogP contribution in [0.5, 0.6) is 11.5 Å². The summed E-state index contributed by atoms with van der Waals surface area (Å²) in [5, 5.41) is 0.869. The second-order valence-corrected chi connectivity index (χ2v) is 10.4. The number of hydrogen-bond acceptors (Lipinski definition) is 6. The molecule has 0 N–H and O–H groups in total. The highest BCUT2D eigenvalue weighted by Gasteiger charge is 2.33. The molecule has 9 heteroatoms. The molecule has 2 heterocycles. The van der Waals surface area contributed by atoms with E-state index < -0.39 is 10.0 Å². The average molecular weight is 482 g/mol. The summed E-state index contributed by atoms with van der Waals surface area (Å²) in [4.78, 5) is 20.3. The Morgan fingerprint density at radius 1 is 0.941 bits per heavy atom. The molecule has 0 unspecified atom stereocenters. The monoisotopic (exact) mass is 481 g/mol. The number of amides is 1. The molecule has 1 saturated heterocycles. The summed E-state index contributed by atoms with van der Waals surface area (Å²) in [6.07, 6.45) is 2.73. The number of ether oxygens (including phenoxy) is 2. The van der Waals surface area contributed by atoms with Crippen LogP contribution in [0.4, 0.5) is 0 Å². The number of rotatable bonds is 5. The standard InChI is InChI=1S/C25H27N3O5S/c1-32-22-11-10-17(16-23(22)33-2)34(30,31)28-14-12-27(13-15-28)25(29)24-18-6-3-4-8-20(18)26-21-9-5-7-19(21)24/h3-4,6,8,10-11,16H,5,7,9,12-15H2,1-2H3. The SMILES string of the molecule is COc1ccc(S(=O)(=O)N2CCN(C(=O)c3c4c(nc5ccccc35)CCC4)CC2)cc1OC. The van der Waals surface area contributed by atoms with Crippen LogP contribution in [-0.2, 0) is 22.9 Å². The summed E-state index contributed by atoms with van der Waals surface area (Å²) < 4.78 is 38.4. The van der Waals surface area contributed by atoms with Crippen molar-refractivity contribution in [1.82, 2.24) is 14.2 Å². The molecule has 5 rings (SSSR count). The Labute approximate surface area is 199 Å². The molecule has 2 aliphatic rings. The van der Waals surface area contributed by atoms with E-state index in [1.807, 2.05) is 24.3 Å². The number of fused-ring (bicyclic) bond motifs is 2. The summed E-state index contributed by atoms with van der Waals surface area (Å²) in [6, 6.07) is 12.3. The summed E-state index contributed by atoms with van der Waals surface area (Å²) in [5.74, 6) is 0.782. The Morgan fingerprint density at radius 3 is 2.41 bits per heavy atom. The zero-order valence-corrected chi connectivity index (χ0v) is 20.1. The van der Waals surface area contributed by atoms with Crippen LogP contribution in [0, 0.1) is 0 Å². The van der Waals surface area contributed by atoms with Crippen LogP contribution in [0.15, 0.2) is 47.4 Å². The van der Waals surface area contributed by atoms with Crippen molar-refractivity contribution in [1.29, 1.82) is 0 Å². The normalized spacial score (nSPS) is 16.5. The summed E-state index contributed by atoms with van der Waals surface area (Å²) in [5.41, 5.74) is 3.62. The minimum absolute atomic E-state index is 0.0417. The molecule has 0 radical (unpaired) electrons. The highest BCUT2D eigenvalue weighted by Crippen LogP contribution is 2.33. The maximum atomic E-state index is 13.7. The van der Waals surface area contributed by atoms with Gasteiger partial charge in [-0.1, -0.05) is 18.2 Å². The van der Waals surface area contributed by atoms with E-state index in [9.17, 15) is 13.2 Å². The Hall–Kier alpha value is -3.17. The van der Waals surface area contributed by atoms with Gasteiger partial charge < -0.3 is 14.4 Å². The van der Waals surface area contributed by atoms with E-state index in [0.29, 0.717) is 24.6 Å². The van der Waals surface area contributed by atoms with E-state index in [-0.39, 0.29) is 23.9 Å².